The lowest BCUT2D eigenvalue weighted by atomic mass is 10.2. The van der Waals surface area contributed by atoms with Gasteiger partial charge in [-0.05, 0) is 55.0 Å². The van der Waals surface area contributed by atoms with Crippen molar-refractivity contribution in [1.82, 2.24) is 9.97 Å². The largest absolute Gasteiger partial charge is 0.494 e. The van der Waals surface area contributed by atoms with Gasteiger partial charge in [-0.1, -0.05) is 19.8 Å². The molecule has 0 fully saturated rings. The van der Waals surface area contributed by atoms with Gasteiger partial charge in [-0.25, -0.2) is 8.42 Å². The molecule has 0 aliphatic heterocycles. The number of nitrogens with zero attached hydrogens (tertiary/aromatic N) is 2. The molecule has 35 heavy (non-hydrogen) atoms. The average molecular weight is 501 g/mol. The van der Waals surface area contributed by atoms with Crippen molar-refractivity contribution in [2.75, 3.05) is 30.9 Å². The van der Waals surface area contributed by atoms with Crippen LogP contribution in [-0.4, -0.2) is 45.1 Å². The minimum atomic E-state index is -3.96. The molecule has 10 nitrogen and oxygen atoms in total. The monoisotopic (exact) mass is 500 g/mol. The summed E-state index contributed by atoms with van der Waals surface area (Å²) in [4.78, 5) is 20.4. The Labute approximate surface area is 204 Å². The van der Waals surface area contributed by atoms with Crippen LogP contribution in [0, 0.1) is 0 Å². The van der Waals surface area contributed by atoms with Gasteiger partial charge in [-0.2, -0.15) is 9.97 Å². The number of hydrogen-bond donors (Lipinski definition) is 2. The van der Waals surface area contributed by atoms with Crippen LogP contribution in [-0.2, 0) is 10.0 Å². The molecule has 0 aliphatic rings. The number of carbonyl (C=O) groups excluding carboxylic acids is 1. The number of methoxy groups -OCH3 is 2. The van der Waals surface area contributed by atoms with Crippen LogP contribution < -0.4 is 24.2 Å². The van der Waals surface area contributed by atoms with Crippen molar-refractivity contribution in [3.8, 4) is 17.6 Å². The van der Waals surface area contributed by atoms with Crippen LogP contribution in [0.25, 0.3) is 0 Å². The number of ether oxygens (including phenoxy) is 3. The number of sulfonamides is 1. The number of amides is 1. The van der Waals surface area contributed by atoms with Gasteiger partial charge in [0.1, 0.15) is 5.75 Å². The van der Waals surface area contributed by atoms with Gasteiger partial charge < -0.3 is 19.5 Å². The van der Waals surface area contributed by atoms with Gasteiger partial charge in [-0.3, -0.25) is 9.52 Å². The molecule has 1 amide bonds. The number of hydrogen-bond acceptors (Lipinski definition) is 8. The summed E-state index contributed by atoms with van der Waals surface area (Å²) >= 11 is 0. The standard InChI is InChI=1S/C24H28N4O6S/c1-4-5-6-15-34-19-11-7-17(8-12-19)23(29)25-18-9-13-20(14-10-18)35(30,31)28-21-16-22(32-2)27-24(26-21)33-3/h7-14,16H,4-6,15H2,1-3H3,(H,25,29)(H,26,27,28). The molecule has 2 aromatic carbocycles. The molecule has 11 heteroatoms. The SMILES string of the molecule is CCCCCOc1ccc(C(=O)Nc2ccc(S(=O)(=O)Nc3cc(OC)nc(OC)n3)cc2)cc1. The normalized spacial score (nSPS) is 10.9. The molecular formula is C24H28N4O6S. The molecule has 0 radical (unpaired) electrons. The summed E-state index contributed by atoms with van der Waals surface area (Å²) in [6.07, 6.45) is 3.22. The minimum Gasteiger partial charge on any atom is -0.494 e. The molecule has 0 saturated heterocycles. The number of unbranched alkanes of at least 4 members (excludes halogenated alkanes) is 2. The van der Waals surface area contributed by atoms with E-state index in [1.165, 1.54) is 44.6 Å². The summed E-state index contributed by atoms with van der Waals surface area (Å²) in [6.45, 7) is 2.77. The number of carbonyl (C=O) groups is 1. The van der Waals surface area contributed by atoms with Gasteiger partial charge in [0.25, 0.3) is 15.9 Å². The smallest absolute Gasteiger partial charge is 0.321 e. The lowest BCUT2D eigenvalue weighted by molar-refractivity contribution is 0.102. The Kier molecular flexibility index (Phi) is 8.85. The second-order valence-electron chi connectivity index (χ2n) is 7.45. The molecule has 0 bridgehead atoms. The second kappa shape index (κ2) is 12.0. The maximum atomic E-state index is 12.7. The van der Waals surface area contributed by atoms with Crippen LogP contribution in [0.4, 0.5) is 11.5 Å². The molecule has 0 atom stereocenters. The van der Waals surface area contributed by atoms with Crippen LogP contribution in [0.3, 0.4) is 0 Å². The van der Waals surface area contributed by atoms with Gasteiger partial charge >= 0.3 is 6.01 Å². The Bertz CT molecular complexity index is 1210. The molecule has 2 N–H and O–H groups in total. The van der Waals surface area contributed by atoms with E-state index in [4.69, 9.17) is 14.2 Å². The van der Waals surface area contributed by atoms with Crippen molar-refractivity contribution in [3.05, 3.63) is 60.2 Å². The summed E-state index contributed by atoms with van der Waals surface area (Å²) in [5, 5.41) is 2.75. The van der Waals surface area contributed by atoms with Crippen molar-refractivity contribution in [2.24, 2.45) is 0 Å². The van der Waals surface area contributed by atoms with E-state index in [2.05, 4.69) is 26.9 Å². The third-order valence-electron chi connectivity index (χ3n) is 4.87. The summed E-state index contributed by atoms with van der Waals surface area (Å²) in [5.74, 6) is 0.516. The Morgan fingerprint density at radius 2 is 1.66 bits per heavy atom. The molecule has 186 valence electrons. The molecule has 3 aromatic rings. The molecule has 1 heterocycles. The van der Waals surface area contributed by atoms with Crippen LogP contribution in [0.2, 0.25) is 0 Å². The van der Waals surface area contributed by atoms with E-state index < -0.39 is 10.0 Å². The fraction of sp³-hybridized carbons (Fsp3) is 0.292. The van der Waals surface area contributed by atoms with Crippen molar-refractivity contribution < 1.29 is 27.4 Å². The molecular weight excluding hydrogens is 472 g/mol. The summed E-state index contributed by atoms with van der Waals surface area (Å²) in [5.41, 5.74) is 0.898. The van der Waals surface area contributed by atoms with Crippen LogP contribution >= 0.6 is 0 Å². The minimum absolute atomic E-state index is 0.0103. The van der Waals surface area contributed by atoms with E-state index in [9.17, 15) is 13.2 Å². The van der Waals surface area contributed by atoms with E-state index in [1.54, 1.807) is 24.3 Å². The Balaban J connectivity index is 1.62. The third kappa shape index (κ3) is 7.31. The highest BCUT2D eigenvalue weighted by atomic mass is 32.2. The molecule has 0 unspecified atom stereocenters. The number of benzene rings is 2. The number of nitrogens with one attached hydrogen (secondary N) is 2. The van der Waals surface area contributed by atoms with Gasteiger partial charge in [0.15, 0.2) is 5.82 Å². The summed E-state index contributed by atoms with van der Waals surface area (Å²) in [6, 6.07) is 13.9. The Morgan fingerprint density at radius 3 is 2.29 bits per heavy atom. The number of aromatic nitrogens is 2. The average Bonchev–Trinajstić information content (AvgIpc) is 2.86. The van der Waals surface area contributed by atoms with Crippen molar-refractivity contribution >= 4 is 27.4 Å². The highest BCUT2D eigenvalue weighted by Crippen LogP contribution is 2.22. The van der Waals surface area contributed by atoms with Crippen molar-refractivity contribution in [3.63, 3.8) is 0 Å². The lowest BCUT2D eigenvalue weighted by Gasteiger charge is -2.11. The first kappa shape index (κ1) is 25.8. The number of rotatable bonds is 12. The third-order valence-corrected chi connectivity index (χ3v) is 6.24. The first-order chi connectivity index (χ1) is 16.8. The van der Waals surface area contributed by atoms with Crippen LogP contribution in [0.1, 0.15) is 36.5 Å². The molecule has 0 spiro atoms. The van der Waals surface area contributed by atoms with E-state index in [-0.39, 0.29) is 28.5 Å². The quantitative estimate of drug-likeness (QED) is 0.356. The highest BCUT2D eigenvalue weighted by molar-refractivity contribution is 7.92. The van der Waals surface area contributed by atoms with E-state index in [1.807, 2.05) is 0 Å². The zero-order chi connectivity index (χ0) is 25.3. The Morgan fingerprint density at radius 1 is 0.943 bits per heavy atom. The molecule has 0 aliphatic carbocycles. The first-order valence-corrected chi connectivity index (χ1v) is 12.5. The van der Waals surface area contributed by atoms with Gasteiger partial charge in [0, 0.05) is 17.3 Å². The summed E-state index contributed by atoms with van der Waals surface area (Å²) < 4.78 is 43.5. The van der Waals surface area contributed by atoms with E-state index in [0.717, 1.165) is 19.3 Å². The fourth-order valence-corrected chi connectivity index (χ4v) is 4.01. The maximum absolute atomic E-state index is 12.7. The molecule has 3 rings (SSSR count). The van der Waals surface area contributed by atoms with E-state index in [0.29, 0.717) is 23.6 Å². The highest BCUT2D eigenvalue weighted by Gasteiger charge is 2.17. The first-order valence-electron chi connectivity index (χ1n) is 11.0. The Hall–Kier alpha value is -3.86. The zero-order valence-electron chi connectivity index (χ0n) is 19.8. The summed E-state index contributed by atoms with van der Waals surface area (Å²) in [7, 11) is -1.20. The van der Waals surface area contributed by atoms with Gasteiger partial charge in [-0.15, -0.1) is 0 Å². The van der Waals surface area contributed by atoms with Crippen LogP contribution in [0.5, 0.6) is 17.6 Å². The van der Waals surface area contributed by atoms with E-state index >= 15 is 0 Å². The van der Waals surface area contributed by atoms with Gasteiger partial charge in [0.2, 0.25) is 5.88 Å². The second-order valence-corrected chi connectivity index (χ2v) is 9.13. The zero-order valence-corrected chi connectivity index (χ0v) is 20.6. The van der Waals surface area contributed by atoms with Crippen molar-refractivity contribution in [1.29, 1.82) is 0 Å². The lowest BCUT2D eigenvalue weighted by Crippen LogP contribution is -2.15. The topological polar surface area (TPSA) is 129 Å². The van der Waals surface area contributed by atoms with Crippen molar-refractivity contribution in [2.45, 2.75) is 31.1 Å². The predicted octanol–water partition coefficient (Wildman–Crippen LogP) is 4.12. The van der Waals surface area contributed by atoms with Gasteiger partial charge in [0.05, 0.1) is 25.7 Å². The fourth-order valence-electron chi connectivity index (χ4n) is 3.01. The maximum Gasteiger partial charge on any atom is 0.321 e. The number of anilines is 2. The molecule has 0 saturated carbocycles. The van der Waals surface area contributed by atoms with Crippen LogP contribution in [0.15, 0.2) is 59.5 Å². The molecule has 1 aromatic heterocycles. The predicted molar refractivity (Wildman–Crippen MR) is 132 cm³/mol.